The third-order valence-electron chi connectivity index (χ3n) is 6.99. The average Bonchev–Trinajstić information content (AvgIpc) is 2.65. The van der Waals surface area contributed by atoms with Gasteiger partial charge in [0.25, 0.3) is 0 Å². The maximum atomic E-state index is 15.7. The van der Waals surface area contributed by atoms with Gasteiger partial charge in [-0.25, -0.2) is 4.39 Å². The van der Waals surface area contributed by atoms with Crippen molar-refractivity contribution < 1.29 is 9.50 Å². The highest BCUT2D eigenvalue weighted by Crippen LogP contribution is 2.59. The van der Waals surface area contributed by atoms with Crippen molar-refractivity contribution in [3.05, 3.63) is 30.3 Å². The van der Waals surface area contributed by atoms with Crippen LogP contribution in [0.5, 0.6) is 0 Å². The lowest BCUT2D eigenvalue weighted by atomic mass is 9.54. The number of nitriles is 1. The Labute approximate surface area is 161 Å². The standard InChI is InChI=1S/C22H30FNOS/c1-15-18(26-17-8-6-5-7-9-17)10-11-21(4,23)19-13-20(2,3)16(14-24)12-22(15,19)25/h5-9,15-16,18-19,25H,10-13H2,1-4H3/t15-,16+,18+,19-,21+,22+/m0/s1. The Morgan fingerprint density at radius 2 is 1.85 bits per heavy atom. The van der Waals surface area contributed by atoms with Crippen LogP contribution in [0.3, 0.4) is 0 Å². The zero-order valence-corrected chi connectivity index (χ0v) is 17.0. The second-order valence-electron chi connectivity index (χ2n) is 9.20. The predicted octanol–water partition coefficient (Wildman–Crippen LogP) is 5.61. The second kappa shape index (κ2) is 6.84. The summed E-state index contributed by atoms with van der Waals surface area (Å²) >= 11 is 1.74. The molecule has 142 valence electrons. The van der Waals surface area contributed by atoms with Gasteiger partial charge in [0.05, 0.1) is 17.6 Å². The van der Waals surface area contributed by atoms with Crippen LogP contribution >= 0.6 is 11.8 Å². The molecule has 2 nitrogen and oxygen atoms in total. The molecule has 4 heteroatoms. The first-order valence-electron chi connectivity index (χ1n) is 9.63. The van der Waals surface area contributed by atoms with Gasteiger partial charge in [0, 0.05) is 16.1 Å². The predicted molar refractivity (Wildman–Crippen MR) is 105 cm³/mol. The highest BCUT2D eigenvalue weighted by atomic mass is 32.2. The van der Waals surface area contributed by atoms with Gasteiger partial charge in [0.2, 0.25) is 0 Å². The van der Waals surface area contributed by atoms with Crippen LogP contribution in [-0.2, 0) is 0 Å². The van der Waals surface area contributed by atoms with Crippen LogP contribution in [0.4, 0.5) is 4.39 Å². The quantitative estimate of drug-likeness (QED) is 0.730. The summed E-state index contributed by atoms with van der Waals surface area (Å²) < 4.78 is 15.7. The van der Waals surface area contributed by atoms with Crippen LogP contribution < -0.4 is 0 Å². The lowest BCUT2D eigenvalue weighted by Crippen LogP contribution is -2.59. The number of alkyl halides is 1. The van der Waals surface area contributed by atoms with Gasteiger partial charge in [0.1, 0.15) is 5.67 Å². The number of nitrogens with zero attached hydrogens (tertiary/aromatic N) is 1. The van der Waals surface area contributed by atoms with E-state index in [4.69, 9.17) is 0 Å². The van der Waals surface area contributed by atoms with Crippen molar-refractivity contribution >= 4 is 11.8 Å². The Hall–Kier alpha value is -1.05. The molecule has 0 heterocycles. The number of fused-ring (bicyclic) bond motifs is 1. The highest BCUT2D eigenvalue weighted by Gasteiger charge is 2.61. The van der Waals surface area contributed by atoms with E-state index in [1.165, 1.54) is 0 Å². The number of hydrogen-bond donors (Lipinski definition) is 1. The lowest BCUT2D eigenvalue weighted by Gasteiger charge is -2.54. The van der Waals surface area contributed by atoms with Crippen LogP contribution in [-0.4, -0.2) is 21.6 Å². The molecule has 2 fully saturated rings. The molecule has 0 radical (unpaired) electrons. The molecule has 1 aromatic rings. The maximum absolute atomic E-state index is 15.7. The molecule has 0 spiro atoms. The molecule has 1 aromatic carbocycles. The van der Waals surface area contributed by atoms with Gasteiger partial charge in [-0.05, 0) is 56.1 Å². The Morgan fingerprint density at radius 1 is 1.19 bits per heavy atom. The summed E-state index contributed by atoms with van der Waals surface area (Å²) in [6.45, 7) is 7.81. The van der Waals surface area contributed by atoms with Crippen molar-refractivity contribution in [3.63, 3.8) is 0 Å². The molecule has 26 heavy (non-hydrogen) atoms. The van der Waals surface area contributed by atoms with E-state index < -0.39 is 17.2 Å². The van der Waals surface area contributed by atoms with E-state index >= 15 is 4.39 Å². The van der Waals surface area contributed by atoms with E-state index in [1.807, 2.05) is 32.0 Å². The summed E-state index contributed by atoms with van der Waals surface area (Å²) in [7, 11) is 0. The first-order valence-corrected chi connectivity index (χ1v) is 10.5. The van der Waals surface area contributed by atoms with Gasteiger partial charge in [-0.1, -0.05) is 39.0 Å². The van der Waals surface area contributed by atoms with E-state index in [1.54, 1.807) is 18.7 Å². The molecule has 2 aliphatic carbocycles. The number of rotatable bonds is 2. The van der Waals surface area contributed by atoms with Crippen LogP contribution in [0.25, 0.3) is 0 Å². The molecule has 0 aromatic heterocycles. The van der Waals surface area contributed by atoms with Gasteiger partial charge in [-0.15, -0.1) is 11.8 Å². The summed E-state index contributed by atoms with van der Waals surface area (Å²) in [6, 6.07) is 12.5. The first-order chi connectivity index (χ1) is 12.1. The van der Waals surface area contributed by atoms with Crippen molar-refractivity contribution in [1.29, 1.82) is 5.26 Å². The van der Waals surface area contributed by atoms with E-state index in [2.05, 4.69) is 25.1 Å². The summed E-state index contributed by atoms with van der Waals surface area (Å²) in [5, 5.41) is 21.6. The number of benzene rings is 1. The summed E-state index contributed by atoms with van der Waals surface area (Å²) in [4.78, 5) is 1.15. The summed E-state index contributed by atoms with van der Waals surface area (Å²) in [5.74, 6) is -0.740. The molecule has 0 unspecified atom stereocenters. The SMILES string of the molecule is C[C@H]1[C@H](Sc2ccccc2)CC[C@@](C)(F)[C@@H]2CC(C)(C)[C@@H](C#N)C[C@]21O. The largest absolute Gasteiger partial charge is 0.389 e. The fourth-order valence-corrected chi connectivity index (χ4v) is 6.39. The molecule has 2 aliphatic rings. The Balaban J connectivity index is 1.96. The number of hydrogen-bond acceptors (Lipinski definition) is 3. The van der Waals surface area contributed by atoms with Gasteiger partial charge < -0.3 is 5.11 Å². The molecule has 0 bridgehead atoms. The van der Waals surface area contributed by atoms with Crippen molar-refractivity contribution in [2.45, 2.75) is 74.8 Å². The topological polar surface area (TPSA) is 44.0 Å². The second-order valence-corrected chi connectivity index (χ2v) is 10.5. The normalized spacial score (nSPS) is 42.3. The van der Waals surface area contributed by atoms with Crippen LogP contribution in [0.1, 0.15) is 53.4 Å². The third kappa shape index (κ3) is 3.41. The number of aliphatic hydroxyl groups is 1. The molecule has 0 amide bonds. The molecule has 0 aliphatic heterocycles. The van der Waals surface area contributed by atoms with Gasteiger partial charge in [-0.3, -0.25) is 0 Å². The molecule has 2 saturated carbocycles. The molecule has 1 N–H and O–H groups in total. The minimum absolute atomic E-state index is 0.0674. The zero-order chi connectivity index (χ0) is 19.2. The monoisotopic (exact) mass is 375 g/mol. The lowest BCUT2D eigenvalue weighted by molar-refractivity contribution is -0.163. The number of halogens is 1. The first kappa shape index (κ1) is 19.7. The van der Waals surface area contributed by atoms with Crippen molar-refractivity contribution in [2.24, 2.45) is 23.2 Å². The average molecular weight is 376 g/mol. The Morgan fingerprint density at radius 3 is 2.46 bits per heavy atom. The number of thioether (sulfide) groups is 1. The van der Waals surface area contributed by atoms with Crippen LogP contribution in [0, 0.1) is 34.5 Å². The maximum Gasteiger partial charge on any atom is 0.113 e. The summed E-state index contributed by atoms with van der Waals surface area (Å²) in [5.41, 5.74) is -2.82. The van der Waals surface area contributed by atoms with Crippen molar-refractivity contribution in [3.8, 4) is 6.07 Å². The molecular formula is C22H30FNOS. The Kier molecular flexibility index (Phi) is 5.18. The van der Waals surface area contributed by atoms with Crippen molar-refractivity contribution in [2.75, 3.05) is 0 Å². The minimum Gasteiger partial charge on any atom is -0.389 e. The fourth-order valence-electron chi connectivity index (χ4n) is 5.05. The van der Waals surface area contributed by atoms with Gasteiger partial charge >= 0.3 is 0 Å². The summed E-state index contributed by atoms with van der Waals surface area (Å²) in [6.07, 6.45) is 2.13. The van der Waals surface area contributed by atoms with Crippen molar-refractivity contribution in [1.82, 2.24) is 0 Å². The zero-order valence-electron chi connectivity index (χ0n) is 16.2. The molecule has 6 atom stereocenters. The van der Waals surface area contributed by atoms with E-state index in [-0.39, 0.29) is 22.5 Å². The van der Waals surface area contributed by atoms with Crippen LogP contribution in [0.2, 0.25) is 0 Å². The smallest absolute Gasteiger partial charge is 0.113 e. The van der Waals surface area contributed by atoms with E-state index in [0.29, 0.717) is 19.3 Å². The Bertz CT molecular complexity index is 683. The third-order valence-corrected chi connectivity index (χ3v) is 8.48. The molecule has 0 saturated heterocycles. The fraction of sp³-hybridized carbons (Fsp3) is 0.682. The minimum atomic E-state index is -1.41. The van der Waals surface area contributed by atoms with Gasteiger partial charge in [-0.2, -0.15) is 5.26 Å². The van der Waals surface area contributed by atoms with Crippen LogP contribution in [0.15, 0.2) is 35.2 Å². The van der Waals surface area contributed by atoms with E-state index in [9.17, 15) is 10.4 Å². The van der Waals surface area contributed by atoms with E-state index in [0.717, 1.165) is 11.3 Å². The highest BCUT2D eigenvalue weighted by molar-refractivity contribution is 8.00. The molecule has 3 rings (SSSR count). The van der Waals surface area contributed by atoms with Gasteiger partial charge in [0.15, 0.2) is 0 Å². The molecular weight excluding hydrogens is 345 g/mol.